The number of halogens is 1. The van der Waals surface area contributed by atoms with E-state index in [0.29, 0.717) is 32.1 Å². The Bertz CT molecular complexity index is 1860. The summed E-state index contributed by atoms with van der Waals surface area (Å²) >= 11 is 1.25. The van der Waals surface area contributed by atoms with Crippen LogP contribution in [-0.4, -0.2) is 35.9 Å². The molecule has 10 heteroatoms. The molecule has 0 N–H and O–H groups in total. The van der Waals surface area contributed by atoms with Gasteiger partial charge in [-0.25, -0.2) is 14.2 Å². The Morgan fingerprint density at radius 3 is 2.41 bits per heavy atom. The molecule has 3 heterocycles. The maximum absolute atomic E-state index is 14.0. The number of methoxy groups -OCH3 is 2. The van der Waals surface area contributed by atoms with Gasteiger partial charge in [0.2, 0.25) is 0 Å². The minimum absolute atomic E-state index is 0.183. The van der Waals surface area contributed by atoms with Gasteiger partial charge in [-0.15, -0.1) is 0 Å². The SMILES string of the molecule is CCOC(=O)C1=C(C)N=c2s/c(=C/c3cc(C)n(-c4ccc(F)cc4)c3C)c(=O)n2C1c1ccc(OC)c(OC)c1. The molecule has 0 spiro atoms. The highest BCUT2D eigenvalue weighted by Crippen LogP contribution is 2.36. The maximum atomic E-state index is 14.0. The molecule has 2 aromatic heterocycles. The van der Waals surface area contributed by atoms with Gasteiger partial charge in [-0.05, 0) is 87.4 Å². The first-order valence-corrected chi connectivity index (χ1v) is 13.9. The number of thiazole rings is 1. The molecule has 1 aliphatic heterocycles. The van der Waals surface area contributed by atoms with Crippen LogP contribution in [0.2, 0.25) is 0 Å². The van der Waals surface area contributed by atoms with Crippen molar-refractivity contribution < 1.29 is 23.4 Å². The lowest BCUT2D eigenvalue weighted by Crippen LogP contribution is -2.40. The number of rotatable bonds is 7. The van der Waals surface area contributed by atoms with Crippen molar-refractivity contribution in [2.45, 2.75) is 33.7 Å². The Balaban J connectivity index is 1.70. The van der Waals surface area contributed by atoms with E-state index in [-0.39, 0.29) is 23.6 Å². The molecule has 4 aromatic rings. The molecule has 41 heavy (non-hydrogen) atoms. The number of benzene rings is 2. The van der Waals surface area contributed by atoms with Crippen molar-refractivity contribution in [3.8, 4) is 17.2 Å². The quantitative estimate of drug-likeness (QED) is 0.306. The molecule has 0 fully saturated rings. The van der Waals surface area contributed by atoms with Crippen LogP contribution in [0.4, 0.5) is 4.39 Å². The summed E-state index contributed by atoms with van der Waals surface area (Å²) in [4.78, 5) is 32.3. The molecule has 0 radical (unpaired) electrons. The summed E-state index contributed by atoms with van der Waals surface area (Å²) in [5.41, 5.74) is 4.65. The van der Waals surface area contributed by atoms with Crippen LogP contribution in [0.3, 0.4) is 0 Å². The summed E-state index contributed by atoms with van der Waals surface area (Å²) in [5.74, 6) is 0.154. The first-order valence-electron chi connectivity index (χ1n) is 13.0. The summed E-state index contributed by atoms with van der Waals surface area (Å²) in [6.07, 6.45) is 1.83. The van der Waals surface area contributed by atoms with Crippen LogP contribution in [0, 0.1) is 19.7 Å². The van der Waals surface area contributed by atoms with Gasteiger partial charge >= 0.3 is 5.97 Å². The number of aryl methyl sites for hydroxylation is 1. The van der Waals surface area contributed by atoms with Crippen LogP contribution in [0.15, 0.2) is 69.6 Å². The van der Waals surface area contributed by atoms with E-state index < -0.39 is 12.0 Å². The van der Waals surface area contributed by atoms with Gasteiger partial charge in [0.05, 0.1) is 42.7 Å². The fraction of sp³-hybridized carbons (Fsp3) is 0.258. The van der Waals surface area contributed by atoms with E-state index in [0.717, 1.165) is 22.6 Å². The molecule has 8 nitrogen and oxygen atoms in total. The summed E-state index contributed by atoms with van der Waals surface area (Å²) in [6, 6.07) is 12.8. The highest BCUT2D eigenvalue weighted by atomic mass is 32.1. The van der Waals surface area contributed by atoms with E-state index in [9.17, 15) is 14.0 Å². The molecule has 0 saturated carbocycles. The number of nitrogens with zero attached hydrogens (tertiary/aromatic N) is 3. The van der Waals surface area contributed by atoms with E-state index >= 15 is 0 Å². The van der Waals surface area contributed by atoms with Crippen LogP contribution >= 0.6 is 11.3 Å². The third-order valence-corrected chi connectivity index (χ3v) is 8.07. The molecule has 2 aromatic carbocycles. The Labute approximate surface area is 240 Å². The fourth-order valence-corrected chi connectivity index (χ4v) is 6.23. The number of hydrogen-bond donors (Lipinski definition) is 0. The molecular formula is C31H30FN3O5S. The third kappa shape index (κ3) is 4.99. The highest BCUT2D eigenvalue weighted by molar-refractivity contribution is 7.07. The van der Waals surface area contributed by atoms with Gasteiger partial charge in [-0.3, -0.25) is 9.36 Å². The predicted octanol–water partition coefficient (Wildman–Crippen LogP) is 4.36. The van der Waals surface area contributed by atoms with Crippen molar-refractivity contribution >= 4 is 23.4 Å². The first-order chi connectivity index (χ1) is 19.7. The molecule has 0 bridgehead atoms. The van der Waals surface area contributed by atoms with Gasteiger partial charge in [0.25, 0.3) is 5.56 Å². The van der Waals surface area contributed by atoms with E-state index in [1.807, 2.05) is 30.6 Å². The Morgan fingerprint density at radius 2 is 1.76 bits per heavy atom. The van der Waals surface area contributed by atoms with Crippen LogP contribution in [0.5, 0.6) is 11.5 Å². The van der Waals surface area contributed by atoms with Crippen molar-refractivity contribution in [2.24, 2.45) is 4.99 Å². The topological polar surface area (TPSA) is 84.1 Å². The summed E-state index contributed by atoms with van der Waals surface area (Å²) in [7, 11) is 3.07. The van der Waals surface area contributed by atoms with E-state index in [1.165, 1.54) is 35.1 Å². The average Bonchev–Trinajstić information content (AvgIpc) is 3.41. The van der Waals surface area contributed by atoms with Gasteiger partial charge in [0.1, 0.15) is 5.82 Å². The largest absolute Gasteiger partial charge is 0.493 e. The van der Waals surface area contributed by atoms with Crippen molar-refractivity contribution in [3.05, 3.63) is 108 Å². The lowest BCUT2D eigenvalue weighted by Gasteiger charge is -2.25. The molecule has 1 aliphatic rings. The van der Waals surface area contributed by atoms with Gasteiger partial charge in [-0.2, -0.15) is 0 Å². The normalized spacial score (nSPS) is 15.0. The standard InChI is InChI=1S/C31H30FN3O5S/c1-7-40-30(37)27-18(3)33-31-35(28(27)20-8-13-24(38-5)25(15-20)39-6)29(36)26(41-31)16-21-14-17(2)34(19(21)4)23-11-9-22(32)10-12-23/h8-16,28H,7H2,1-6H3/b26-16+. The van der Waals surface area contributed by atoms with Crippen LogP contribution in [0.25, 0.3) is 11.8 Å². The molecule has 0 aliphatic carbocycles. The Hall–Kier alpha value is -4.44. The second-order valence-electron chi connectivity index (χ2n) is 9.55. The molecule has 0 amide bonds. The molecule has 1 atom stereocenters. The van der Waals surface area contributed by atoms with Gasteiger partial charge in [-0.1, -0.05) is 17.4 Å². The molecule has 0 saturated heterocycles. The number of ether oxygens (including phenoxy) is 3. The monoisotopic (exact) mass is 575 g/mol. The zero-order valence-electron chi connectivity index (χ0n) is 23.6. The van der Waals surface area contributed by atoms with Crippen LogP contribution in [-0.2, 0) is 9.53 Å². The van der Waals surface area contributed by atoms with Crippen LogP contribution < -0.4 is 24.4 Å². The van der Waals surface area contributed by atoms with Gasteiger partial charge in [0.15, 0.2) is 16.3 Å². The molecular weight excluding hydrogens is 545 g/mol. The summed E-state index contributed by atoms with van der Waals surface area (Å²) in [5, 5.41) is 0. The molecule has 5 rings (SSSR count). The summed E-state index contributed by atoms with van der Waals surface area (Å²) < 4.78 is 33.8. The number of fused-ring (bicyclic) bond motifs is 1. The second-order valence-corrected chi connectivity index (χ2v) is 10.6. The third-order valence-electron chi connectivity index (χ3n) is 7.08. The summed E-state index contributed by atoms with van der Waals surface area (Å²) in [6.45, 7) is 7.57. The number of allylic oxidation sites excluding steroid dienone is 1. The smallest absolute Gasteiger partial charge is 0.338 e. The first kappa shape index (κ1) is 28.1. The van der Waals surface area contributed by atoms with Crippen molar-refractivity contribution in [3.63, 3.8) is 0 Å². The van der Waals surface area contributed by atoms with E-state index in [2.05, 4.69) is 4.99 Å². The lowest BCUT2D eigenvalue weighted by atomic mass is 9.95. The number of carbonyl (C=O) groups excluding carboxylic acids is 1. The Kier molecular flexibility index (Phi) is 7.68. The minimum atomic E-state index is -0.779. The average molecular weight is 576 g/mol. The van der Waals surface area contributed by atoms with Crippen LogP contribution in [0.1, 0.15) is 42.4 Å². The lowest BCUT2D eigenvalue weighted by molar-refractivity contribution is -0.139. The number of carbonyl (C=O) groups is 1. The number of aromatic nitrogens is 2. The molecule has 1 unspecified atom stereocenters. The van der Waals surface area contributed by atoms with Crippen molar-refractivity contribution in [1.29, 1.82) is 0 Å². The zero-order valence-corrected chi connectivity index (χ0v) is 24.5. The number of hydrogen-bond acceptors (Lipinski definition) is 7. The highest BCUT2D eigenvalue weighted by Gasteiger charge is 2.34. The van der Waals surface area contributed by atoms with E-state index in [4.69, 9.17) is 14.2 Å². The van der Waals surface area contributed by atoms with E-state index in [1.54, 1.807) is 51.3 Å². The Morgan fingerprint density at radius 1 is 1.05 bits per heavy atom. The maximum Gasteiger partial charge on any atom is 0.338 e. The fourth-order valence-electron chi connectivity index (χ4n) is 5.19. The van der Waals surface area contributed by atoms with Gasteiger partial charge in [0, 0.05) is 17.1 Å². The zero-order chi connectivity index (χ0) is 29.4. The van der Waals surface area contributed by atoms with Crippen molar-refractivity contribution in [2.75, 3.05) is 20.8 Å². The minimum Gasteiger partial charge on any atom is -0.493 e. The van der Waals surface area contributed by atoms with Crippen molar-refractivity contribution in [1.82, 2.24) is 9.13 Å². The number of esters is 1. The predicted molar refractivity (Wildman–Crippen MR) is 155 cm³/mol. The second kappa shape index (κ2) is 11.2. The van der Waals surface area contributed by atoms with Gasteiger partial charge < -0.3 is 18.8 Å². The molecule has 212 valence electrons.